The highest BCUT2D eigenvalue weighted by atomic mass is 19.2. The van der Waals surface area contributed by atoms with Gasteiger partial charge in [0.25, 0.3) is 0 Å². The Labute approximate surface area is 53.1 Å². The van der Waals surface area contributed by atoms with Crippen molar-refractivity contribution in [2.45, 2.75) is 38.8 Å². The van der Waals surface area contributed by atoms with Crippen LogP contribution in [0.25, 0.3) is 0 Å². The van der Waals surface area contributed by atoms with Gasteiger partial charge in [0.05, 0.1) is 0 Å². The molecule has 0 bridgehead atoms. The molecular formula is C6H11F3. The molecule has 0 heterocycles. The smallest absolute Gasteiger partial charge is 0.162 e. The number of alkyl halides is 3. The third kappa shape index (κ3) is 2.72. The molecule has 0 rings (SSSR count). The molecule has 0 saturated heterocycles. The lowest BCUT2D eigenvalue weighted by atomic mass is 10.1. The summed E-state index contributed by atoms with van der Waals surface area (Å²) < 4.78 is 36.2. The zero-order chi connectivity index (χ0) is 7.44. The zero-order valence-electron chi connectivity index (χ0n) is 5.57. The number of rotatable bonds is 3. The maximum atomic E-state index is 12.2. The quantitative estimate of drug-likeness (QED) is 0.564. The fraction of sp³-hybridized carbons (Fsp3) is 1.00. The fourth-order valence-corrected chi connectivity index (χ4v) is 0.513. The molecule has 0 aliphatic rings. The molecule has 0 amide bonds. The second kappa shape index (κ2) is 3.75. The molecule has 0 spiro atoms. The average Bonchev–Trinajstić information content (AvgIpc) is 1.84. The lowest BCUT2D eigenvalue weighted by Gasteiger charge is -2.11. The van der Waals surface area contributed by atoms with E-state index in [4.69, 9.17) is 0 Å². The first-order valence-electron chi connectivity index (χ1n) is 3.01. The Morgan fingerprint density at radius 3 is 1.78 bits per heavy atom. The van der Waals surface area contributed by atoms with E-state index in [1.807, 2.05) is 0 Å². The van der Waals surface area contributed by atoms with Gasteiger partial charge in [-0.05, 0) is 13.3 Å². The van der Waals surface area contributed by atoms with E-state index >= 15 is 0 Å². The third-order valence-electron chi connectivity index (χ3n) is 1.17. The number of hydrogen-bond acceptors (Lipinski definition) is 0. The predicted octanol–water partition coefficient (Wildman–Crippen LogP) is 2.43. The van der Waals surface area contributed by atoms with Crippen molar-refractivity contribution in [3.63, 3.8) is 0 Å². The van der Waals surface area contributed by atoms with E-state index in [9.17, 15) is 13.2 Å². The lowest BCUT2D eigenvalue weighted by Crippen LogP contribution is -2.24. The molecule has 9 heavy (non-hydrogen) atoms. The van der Waals surface area contributed by atoms with Gasteiger partial charge in [0.2, 0.25) is 0 Å². The molecular weight excluding hydrogens is 129 g/mol. The van der Waals surface area contributed by atoms with Crippen LogP contribution in [-0.4, -0.2) is 18.5 Å². The summed E-state index contributed by atoms with van der Waals surface area (Å²) in [7, 11) is 0. The molecule has 0 saturated carbocycles. The van der Waals surface area contributed by atoms with E-state index in [2.05, 4.69) is 0 Å². The van der Waals surface area contributed by atoms with Crippen molar-refractivity contribution >= 4 is 0 Å². The molecule has 0 aliphatic heterocycles. The molecule has 0 nitrogen and oxygen atoms in total. The molecule has 0 aliphatic carbocycles. The monoisotopic (exact) mass is 140 g/mol. The fourth-order valence-electron chi connectivity index (χ4n) is 0.513. The van der Waals surface area contributed by atoms with Gasteiger partial charge >= 0.3 is 0 Å². The standard InChI is InChI=1S/C6H11F3/c1-3-5(8)6(9)4(2)7/h4-6H,3H2,1-2H3/t4?,5?,6-/m0/s1. The van der Waals surface area contributed by atoms with Crippen molar-refractivity contribution in [1.29, 1.82) is 0 Å². The molecule has 2 unspecified atom stereocenters. The van der Waals surface area contributed by atoms with Crippen LogP contribution in [0.15, 0.2) is 0 Å². The van der Waals surface area contributed by atoms with Gasteiger partial charge in [-0.25, -0.2) is 13.2 Å². The van der Waals surface area contributed by atoms with E-state index in [1.165, 1.54) is 6.92 Å². The zero-order valence-corrected chi connectivity index (χ0v) is 5.57. The molecule has 56 valence electrons. The second-order valence-electron chi connectivity index (χ2n) is 2.05. The highest BCUT2D eigenvalue weighted by Gasteiger charge is 2.24. The van der Waals surface area contributed by atoms with Crippen LogP contribution in [-0.2, 0) is 0 Å². The van der Waals surface area contributed by atoms with Crippen LogP contribution in [0.3, 0.4) is 0 Å². The molecule has 0 aromatic rings. The van der Waals surface area contributed by atoms with E-state index < -0.39 is 18.5 Å². The van der Waals surface area contributed by atoms with Gasteiger partial charge in [0.15, 0.2) is 6.17 Å². The lowest BCUT2D eigenvalue weighted by molar-refractivity contribution is 0.0893. The molecule has 0 radical (unpaired) electrons. The largest absolute Gasteiger partial charge is 0.244 e. The normalized spacial score (nSPS) is 21.0. The van der Waals surface area contributed by atoms with Crippen LogP contribution in [0.1, 0.15) is 20.3 Å². The van der Waals surface area contributed by atoms with Gasteiger partial charge < -0.3 is 0 Å². The minimum absolute atomic E-state index is 0.0371. The molecule has 3 heteroatoms. The Kier molecular flexibility index (Phi) is 3.66. The van der Waals surface area contributed by atoms with Gasteiger partial charge in [0.1, 0.15) is 12.3 Å². The highest BCUT2D eigenvalue weighted by Crippen LogP contribution is 2.13. The summed E-state index contributed by atoms with van der Waals surface area (Å²) >= 11 is 0. The van der Waals surface area contributed by atoms with Crippen LogP contribution in [0, 0.1) is 0 Å². The van der Waals surface area contributed by atoms with Crippen molar-refractivity contribution in [1.82, 2.24) is 0 Å². The summed E-state index contributed by atoms with van der Waals surface area (Å²) in [6, 6.07) is 0. The summed E-state index contributed by atoms with van der Waals surface area (Å²) in [5, 5.41) is 0. The Balaban J connectivity index is 3.58. The number of hydrogen-bond donors (Lipinski definition) is 0. The molecule has 0 aromatic carbocycles. The Morgan fingerprint density at radius 2 is 1.67 bits per heavy atom. The van der Waals surface area contributed by atoms with E-state index in [0.717, 1.165) is 6.92 Å². The SMILES string of the molecule is CCC(F)[C@@H](F)C(C)F. The minimum Gasteiger partial charge on any atom is -0.244 e. The van der Waals surface area contributed by atoms with Crippen molar-refractivity contribution < 1.29 is 13.2 Å². The van der Waals surface area contributed by atoms with Crippen molar-refractivity contribution in [2.75, 3.05) is 0 Å². The van der Waals surface area contributed by atoms with Crippen LogP contribution in [0.4, 0.5) is 13.2 Å². The van der Waals surface area contributed by atoms with Gasteiger partial charge in [0, 0.05) is 0 Å². The maximum Gasteiger partial charge on any atom is 0.162 e. The van der Waals surface area contributed by atoms with Crippen molar-refractivity contribution in [3.05, 3.63) is 0 Å². The van der Waals surface area contributed by atoms with Crippen LogP contribution in [0.5, 0.6) is 0 Å². The Morgan fingerprint density at radius 1 is 1.22 bits per heavy atom. The summed E-state index contributed by atoms with van der Waals surface area (Å²) in [6.45, 7) is 2.51. The van der Waals surface area contributed by atoms with Gasteiger partial charge in [-0.2, -0.15) is 0 Å². The van der Waals surface area contributed by atoms with Gasteiger partial charge in [-0.1, -0.05) is 6.92 Å². The highest BCUT2D eigenvalue weighted by molar-refractivity contribution is 4.71. The van der Waals surface area contributed by atoms with Gasteiger partial charge in [-0.3, -0.25) is 0 Å². The molecule has 3 atom stereocenters. The van der Waals surface area contributed by atoms with Crippen LogP contribution < -0.4 is 0 Å². The van der Waals surface area contributed by atoms with Crippen molar-refractivity contribution in [3.8, 4) is 0 Å². The summed E-state index contributed by atoms with van der Waals surface area (Å²) in [5.74, 6) is 0. The van der Waals surface area contributed by atoms with Crippen LogP contribution >= 0.6 is 0 Å². The topological polar surface area (TPSA) is 0 Å². The second-order valence-corrected chi connectivity index (χ2v) is 2.05. The Bertz CT molecular complexity index is 72.7. The minimum atomic E-state index is -1.95. The first kappa shape index (κ1) is 8.79. The summed E-state index contributed by atoms with van der Waals surface area (Å²) in [4.78, 5) is 0. The summed E-state index contributed by atoms with van der Waals surface area (Å²) in [5.41, 5.74) is 0. The van der Waals surface area contributed by atoms with E-state index in [0.29, 0.717) is 0 Å². The first-order chi connectivity index (χ1) is 4.09. The van der Waals surface area contributed by atoms with Gasteiger partial charge in [-0.15, -0.1) is 0 Å². The average molecular weight is 140 g/mol. The first-order valence-corrected chi connectivity index (χ1v) is 3.01. The van der Waals surface area contributed by atoms with E-state index in [1.54, 1.807) is 0 Å². The molecule has 0 fully saturated rings. The predicted molar refractivity (Wildman–Crippen MR) is 30.7 cm³/mol. The Hall–Kier alpha value is -0.210. The number of halogens is 3. The maximum absolute atomic E-state index is 12.2. The summed E-state index contributed by atoms with van der Waals surface area (Å²) in [6.07, 6.45) is -5.25. The third-order valence-corrected chi connectivity index (χ3v) is 1.17. The van der Waals surface area contributed by atoms with Crippen molar-refractivity contribution in [2.24, 2.45) is 0 Å². The van der Waals surface area contributed by atoms with Crippen LogP contribution in [0.2, 0.25) is 0 Å². The molecule has 0 N–H and O–H groups in total. The molecule has 0 aromatic heterocycles. The van der Waals surface area contributed by atoms with E-state index in [-0.39, 0.29) is 6.42 Å².